The van der Waals surface area contributed by atoms with E-state index in [4.69, 9.17) is 4.74 Å². The number of nitrogens with zero attached hydrogens (tertiary/aromatic N) is 2. The van der Waals surface area contributed by atoms with Gasteiger partial charge < -0.3 is 10.1 Å². The fourth-order valence-electron chi connectivity index (χ4n) is 1.48. The Labute approximate surface area is 121 Å². The largest absolute Gasteiger partial charge is 0.450 e. The number of ether oxygens (including phenoxy) is 1. The smallest absolute Gasteiger partial charge is 0.312 e. The topological polar surface area (TPSA) is 77.3 Å². The maximum atomic E-state index is 13.5. The molecule has 0 bridgehead atoms. The van der Waals surface area contributed by atoms with E-state index in [2.05, 4.69) is 26.2 Å². The van der Waals surface area contributed by atoms with E-state index in [9.17, 15) is 14.5 Å². The van der Waals surface area contributed by atoms with Crippen LogP contribution in [0.15, 0.2) is 34.9 Å². The Morgan fingerprint density at radius 1 is 1.45 bits per heavy atom. The fourth-order valence-corrected chi connectivity index (χ4v) is 1.81. The number of nitro benzene ring substituents is 1. The van der Waals surface area contributed by atoms with E-state index in [0.717, 1.165) is 12.1 Å². The van der Waals surface area contributed by atoms with E-state index in [-0.39, 0.29) is 15.9 Å². The molecule has 1 aromatic heterocycles. The molecule has 104 valence electrons. The van der Waals surface area contributed by atoms with Gasteiger partial charge in [0.05, 0.1) is 9.40 Å². The molecule has 8 heteroatoms. The second-order valence-electron chi connectivity index (χ2n) is 3.72. The summed E-state index contributed by atoms with van der Waals surface area (Å²) in [6.45, 7) is 0. The number of benzene rings is 1. The van der Waals surface area contributed by atoms with Gasteiger partial charge in [0, 0.05) is 31.4 Å². The number of nitro groups is 1. The van der Waals surface area contributed by atoms with Gasteiger partial charge in [0.1, 0.15) is 17.4 Å². The minimum absolute atomic E-state index is 0.00203. The van der Waals surface area contributed by atoms with Gasteiger partial charge in [-0.05, 0) is 22.0 Å². The monoisotopic (exact) mass is 341 g/mol. The summed E-state index contributed by atoms with van der Waals surface area (Å²) in [5, 5.41) is 13.8. The van der Waals surface area contributed by atoms with Crippen LogP contribution in [-0.2, 0) is 0 Å². The van der Waals surface area contributed by atoms with E-state index in [1.165, 1.54) is 12.3 Å². The van der Waals surface area contributed by atoms with Crippen LogP contribution in [0.1, 0.15) is 0 Å². The summed E-state index contributed by atoms with van der Waals surface area (Å²) in [7, 11) is 1.67. The highest BCUT2D eigenvalue weighted by atomic mass is 79.9. The summed E-state index contributed by atoms with van der Waals surface area (Å²) >= 11 is 2.90. The summed E-state index contributed by atoms with van der Waals surface area (Å²) in [5.41, 5.74) is -0.332. The standard InChI is InChI=1S/C12H9BrFN3O3/c1-15-12-4-7(2-3-16-12)20-11-6-9(14)8(13)5-10(11)17(18)19/h2-6H,1H3,(H,15,16). The molecule has 0 amide bonds. The predicted octanol–water partition coefficient (Wildman–Crippen LogP) is 3.73. The summed E-state index contributed by atoms with van der Waals surface area (Å²) in [4.78, 5) is 14.3. The molecule has 1 N–H and O–H groups in total. The number of hydrogen-bond donors (Lipinski definition) is 1. The van der Waals surface area contributed by atoms with Crippen molar-refractivity contribution in [2.75, 3.05) is 12.4 Å². The van der Waals surface area contributed by atoms with Gasteiger partial charge in [-0.2, -0.15) is 0 Å². The SMILES string of the molecule is CNc1cc(Oc2cc(F)c(Br)cc2[N+](=O)[O-])ccn1. The molecule has 0 unspecified atom stereocenters. The van der Waals surface area contributed by atoms with Crippen LogP contribution in [0, 0.1) is 15.9 Å². The van der Waals surface area contributed by atoms with Crippen LogP contribution in [0.4, 0.5) is 15.9 Å². The molecule has 20 heavy (non-hydrogen) atoms. The Balaban J connectivity index is 2.41. The highest BCUT2D eigenvalue weighted by molar-refractivity contribution is 9.10. The molecule has 1 aromatic carbocycles. The van der Waals surface area contributed by atoms with Gasteiger partial charge >= 0.3 is 5.69 Å². The van der Waals surface area contributed by atoms with Crippen LogP contribution in [0.2, 0.25) is 0 Å². The average molecular weight is 342 g/mol. The molecule has 0 aliphatic rings. The number of pyridine rings is 1. The second kappa shape index (κ2) is 5.83. The zero-order chi connectivity index (χ0) is 14.7. The van der Waals surface area contributed by atoms with E-state index < -0.39 is 10.7 Å². The van der Waals surface area contributed by atoms with Crippen molar-refractivity contribution in [1.29, 1.82) is 0 Å². The lowest BCUT2D eigenvalue weighted by Crippen LogP contribution is -1.96. The number of hydrogen-bond acceptors (Lipinski definition) is 5. The Kier molecular flexibility index (Phi) is 4.14. The van der Waals surface area contributed by atoms with Crippen LogP contribution in [0.5, 0.6) is 11.5 Å². The first-order chi connectivity index (χ1) is 9.51. The number of aromatic nitrogens is 1. The maximum Gasteiger partial charge on any atom is 0.312 e. The third-order valence-corrected chi connectivity index (χ3v) is 3.02. The van der Waals surface area contributed by atoms with E-state index >= 15 is 0 Å². The lowest BCUT2D eigenvalue weighted by molar-refractivity contribution is -0.385. The molecule has 2 rings (SSSR count). The Morgan fingerprint density at radius 3 is 2.85 bits per heavy atom. The summed E-state index contributed by atoms with van der Waals surface area (Å²) < 4.78 is 18.9. The Morgan fingerprint density at radius 2 is 2.20 bits per heavy atom. The number of anilines is 1. The molecule has 0 saturated heterocycles. The third kappa shape index (κ3) is 3.02. The van der Waals surface area contributed by atoms with Gasteiger partial charge in [-0.25, -0.2) is 9.37 Å². The van der Waals surface area contributed by atoms with Gasteiger partial charge in [-0.3, -0.25) is 10.1 Å². The molecule has 0 aliphatic heterocycles. The van der Waals surface area contributed by atoms with Gasteiger partial charge in [0.2, 0.25) is 5.75 Å². The van der Waals surface area contributed by atoms with Crippen LogP contribution in [0.25, 0.3) is 0 Å². The normalized spacial score (nSPS) is 10.2. The lowest BCUT2D eigenvalue weighted by Gasteiger charge is -2.08. The van der Waals surface area contributed by atoms with Gasteiger partial charge in [-0.15, -0.1) is 0 Å². The van der Waals surface area contributed by atoms with Crippen molar-refractivity contribution < 1.29 is 14.1 Å². The molecule has 1 heterocycles. The first-order valence-corrected chi connectivity index (χ1v) is 6.25. The Bertz CT molecular complexity index is 666. The van der Waals surface area contributed by atoms with Gasteiger partial charge in [0.25, 0.3) is 0 Å². The molecule has 0 aliphatic carbocycles. The lowest BCUT2D eigenvalue weighted by atomic mass is 10.3. The van der Waals surface area contributed by atoms with Crippen molar-refractivity contribution in [3.8, 4) is 11.5 Å². The van der Waals surface area contributed by atoms with E-state index in [1.807, 2.05) is 0 Å². The minimum atomic E-state index is -0.645. The molecule has 2 aromatic rings. The molecule has 0 radical (unpaired) electrons. The van der Waals surface area contributed by atoms with Crippen LogP contribution >= 0.6 is 15.9 Å². The summed E-state index contributed by atoms with van der Waals surface area (Å²) in [5.74, 6) is 0.0226. The number of nitrogens with one attached hydrogen (secondary N) is 1. The third-order valence-electron chi connectivity index (χ3n) is 2.41. The molecule has 0 atom stereocenters. The summed E-state index contributed by atoms with van der Waals surface area (Å²) in [6, 6.07) is 5.08. The van der Waals surface area contributed by atoms with Gasteiger partial charge in [-0.1, -0.05) is 0 Å². The second-order valence-corrected chi connectivity index (χ2v) is 4.57. The molecular formula is C12H9BrFN3O3. The van der Waals surface area contributed by atoms with Crippen molar-refractivity contribution in [2.24, 2.45) is 0 Å². The van der Waals surface area contributed by atoms with Crippen molar-refractivity contribution in [2.45, 2.75) is 0 Å². The molecule has 6 nitrogen and oxygen atoms in total. The van der Waals surface area contributed by atoms with Crippen LogP contribution < -0.4 is 10.1 Å². The first-order valence-electron chi connectivity index (χ1n) is 5.46. The van der Waals surface area contributed by atoms with E-state index in [1.54, 1.807) is 13.1 Å². The minimum Gasteiger partial charge on any atom is -0.450 e. The quantitative estimate of drug-likeness (QED) is 0.677. The zero-order valence-electron chi connectivity index (χ0n) is 10.3. The summed E-state index contributed by atoms with van der Waals surface area (Å²) in [6.07, 6.45) is 1.47. The molecular weight excluding hydrogens is 333 g/mol. The van der Waals surface area contributed by atoms with Crippen molar-refractivity contribution in [3.05, 3.63) is 50.9 Å². The fraction of sp³-hybridized carbons (Fsp3) is 0.0833. The number of halogens is 2. The van der Waals surface area contributed by atoms with Crippen molar-refractivity contribution >= 4 is 27.4 Å². The van der Waals surface area contributed by atoms with E-state index in [0.29, 0.717) is 11.6 Å². The number of rotatable bonds is 4. The average Bonchev–Trinajstić information content (AvgIpc) is 2.42. The van der Waals surface area contributed by atoms with Crippen LogP contribution in [0.3, 0.4) is 0 Å². The maximum absolute atomic E-state index is 13.5. The predicted molar refractivity (Wildman–Crippen MR) is 74.6 cm³/mol. The molecule has 0 fully saturated rings. The highest BCUT2D eigenvalue weighted by Gasteiger charge is 2.19. The Hall–Kier alpha value is -2.22. The van der Waals surface area contributed by atoms with Gasteiger partial charge in [0.15, 0.2) is 0 Å². The first kappa shape index (κ1) is 14.2. The van der Waals surface area contributed by atoms with Crippen molar-refractivity contribution in [1.82, 2.24) is 4.98 Å². The van der Waals surface area contributed by atoms with Crippen molar-refractivity contribution in [3.63, 3.8) is 0 Å². The molecule has 0 saturated carbocycles. The van der Waals surface area contributed by atoms with Crippen LogP contribution in [-0.4, -0.2) is 17.0 Å². The highest BCUT2D eigenvalue weighted by Crippen LogP contribution is 2.35. The molecule has 0 spiro atoms. The zero-order valence-corrected chi connectivity index (χ0v) is 11.8.